The topological polar surface area (TPSA) is 54.5 Å². The van der Waals surface area contributed by atoms with Gasteiger partial charge in [0.25, 0.3) is 0 Å². The lowest BCUT2D eigenvalue weighted by Gasteiger charge is -2.15. The zero-order valence-corrected chi connectivity index (χ0v) is 15.0. The Labute approximate surface area is 151 Å². The Kier molecular flexibility index (Phi) is 4.76. The van der Waals surface area contributed by atoms with Gasteiger partial charge in [0.1, 0.15) is 0 Å². The number of hydrogen-bond donors (Lipinski definition) is 1. The van der Waals surface area contributed by atoms with Crippen molar-refractivity contribution in [2.24, 2.45) is 0 Å². The summed E-state index contributed by atoms with van der Waals surface area (Å²) in [5.74, 6) is -0.507. The molecule has 1 aromatic heterocycles. The molecule has 3 rings (SSSR count). The first-order chi connectivity index (χ1) is 12.0. The van der Waals surface area contributed by atoms with Crippen LogP contribution in [0, 0.1) is 0 Å². The number of methoxy groups -OCH3 is 1. The van der Waals surface area contributed by atoms with E-state index in [2.05, 4.69) is 10.3 Å². The summed E-state index contributed by atoms with van der Waals surface area (Å²) in [7, 11) is 5.31. The van der Waals surface area contributed by atoms with Gasteiger partial charge in [-0.05, 0) is 36.4 Å². The maximum absolute atomic E-state index is 11.9. The number of esters is 1. The molecule has 0 radical (unpaired) electrons. The SMILES string of the molecule is COC(=O)c1cc(Nc2ccc(N(C)C)cc2)c2cccc(Cl)c2n1. The molecule has 0 saturated heterocycles. The first kappa shape index (κ1) is 17.0. The number of carbonyl (C=O) groups is 1. The number of ether oxygens (including phenoxy) is 1. The van der Waals surface area contributed by atoms with Crippen molar-refractivity contribution in [3.8, 4) is 0 Å². The third kappa shape index (κ3) is 3.51. The van der Waals surface area contributed by atoms with Crippen LogP contribution < -0.4 is 10.2 Å². The Bertz CT molecular complexity index is 924. The van der Waals surface area contributed by atoms with Crippen LogP contribution >= 0.6 is 11.6 Å². The van der Waals surface area contributed by atoms with Gasteiger partial charge in [0, 0.05) is 30.9 Å². The summed E-state index contributed by atoms with van der Waals surface area (Å²) < 4.78 is 4.79. The summed E-state index contributed by atoms with van der Waals surface area (Å²) in [5.41, 5.74) is 3.50. The van der Waals surface area contributed by atoms with Crippen LogP contribution in [0.1, 0.15) is 10.5 Å². The summed E-state index contributed by atoms with van der Waals surface area (Å²) in [6.45, 7) is 0. The fourth-order valence-corrected chi connectivity index (χ4v) is 2.74. The molecule has 0 atom stereocenters. The molecule has 0 fully saturated rings. The van der Waals surface area contributed by atoms with E-state index in [1.165, 1.54) is 7.11 Å². The van der Waals surface area contributed by atoms with Gasteiger partial charge in [0.2, 0.25) is 0 Å². The van der Waals surface area contributed by atoms with E-state index < -0.39 is 5.97 Å². The van der Waals surface area contributed by atoms with Crippen molar-refractivity contribution in [3.05, 3.63) is 59.2 Å². The third-order valence-electron chi connectivity index (χ3n) is 3.85. The van der Waals surface area contributed by atoms with Gasteiger partial charge < -0.3 is 15.0 Å². The van der Waals surface area contributed by atoms with E-state index in [4.69, 9.17) is 16.3 Å². The van der Waals surface area contributed by atoms with Crippen LogP contribution in [-0.2, 0) is 4.74 Å². The van der Waals surface area contributed by atoms with Gasteiger partial charge in [-0.2, -0.15) is 0 Å². The molecule has 0 aliphatic rings. The predicted octanol–water partition coefficient (Wildman–Crippen LogP) is 4.48. The van der Waals surface area contributed by atoms with Crippen LogP contribution in [-0.4, -0.2) is 32.2 Å². The largest absolute Gasteiger partial charge is 0.464 e. The maximum atomic E-state index is 11.9. The summed E-state index contributed by atoms with van der Waals surface area (Å²) in [6, 6.07) is 15.2. The van der Waals surface area contributed by atoms with Crippen molar-refractivity contribution in [1.29, 1.82) is 0 Å². The molecule has 1 heterocycles. The van der Waals surface area contributed by atoms with Gasteiger partial charge in [-0.3, -0.25) is 0 Å². The van der Waals surface area contributed by atoms with Gasteiger partial charge >= 0.3 is 5.97 Å². The summed E-state index contributed by atoms with van der Waals surface area (Å²) in [6.07, 6.45) is 0. The molecule has 5 nitrogen and oxygen atoms in total. The van der Waals surface area contributed by atoms with Gasteiger partial charge in [-0.25, -0.2) is 9.78 Å². The molecule has 0 aliphatic carbocycles. The first-order valence-electron chi connectivity index (χ1n) is 7.71. The Balaban J connectivity index is 2.07. The van der Waals surface area contributed by atoms with Crippen LogP contribution in [0.25, 0.3) is 10.9 Å². The van der Waals surface area contributed by atoms with Crippen molar-refractivity contribution in [2.45, 2.75) is 0 Å². The van der Waals surface area contributed by atoms with Crippen molar-refractivity contribution in [3.63, 3.8) is 0 Å². The molecule has 128 valence electrons. The number of carbonyl (C=O) groups excluding carboxylic acids is 1. The van der Waals surface area contributed by atoms with Crippen molar-refractivity contribution in [2.75, 3.05) is 31.4 Å². The number of para-hydroxylation sites is 1. The van der Waals surface area contributed by atoms with Crippen LogP contribution in [0.2, 0.25) is 5.02 Å². The average Bonchev–Trinajstić information content (AvgIpc) is 2.62. The number of nitrogens with zero attached hydrogens (tertiary/aromatic N) is 2. The predicted molar refractivity (Wildman–Crippen MR) is 102 cm³/mol. The molecule has 0 aliphatic heterocycles. The summed E-state index contributed by atoms with van der Waals surface area (Å²) in [5, 5.41) is 4.65. The van der Waals surface area contributed by atoms with E-state index in [9.17, 15) is 4.79 Å². The Morgan fingerprint density at radius 3 is 2.52 bits per heavy atom. The monoisotopic (exact) mass is 355 g/mol. The average molecular weight is 356 g/mol. The molecule has 0 saturated carbocycles. The van der Waals surface area contributed by atoms with E-state index in [0.717, 1.165) is 22.4 Å². The smallest absolute Gasteiger partial charge is 0.356 e. The fourth-order valence-electron chi connectivity index (χ4n) is 2.52. The second kappa shape index (κ2) is 6.99. The highest BCUT2D eigenvalue weighted by molar-refractivity contribution is 6.35. The lowest BCUT2D eigenvalue weighted by Crippen LogP contribution is -2.08. The van der Waals surface area contributed by atoms with E-state index in [1.54, 1.807) is 12.1 Å². The minimum Gasteiger partial charge on any atom is -0.464 e. The summed E-state index contributed by atoms with van der Waals surface area (Å²) in [4.78, 5) is 18.3. The Morgan fingerprint density at radius 1 is 1.16 bits per heavy atom. The van der Waals surface area contributed by atoms with Crippen LogP contribution in [0.15, 0.2) is 48.5 Å². The number of fused-ring (bicyclic) bond motifs is 1. The number of anilines is 3. The molecule has 2 aromatic carbocycles. The number of halogens is 1. The first-order valence-corrected chi connectivity index (χ1v) is 8.09. The van der Waals surface area contributed by atoms with E-state index in [-0.39, 0.29) is 5.69 Å². The van der Waals surface area contributed by atoms with Crippen LogP contribution in [0.5, 0.6) is 0 Å². The van der Waals surface area contributed by atoms with Crippen molar-refractivity contribution in [1.82, 2.24) is 4.98 Å². The Morgan fingerprint density at radius 2 is 1.88 bits per heavy atom. The molecule has 0 amide bonds. The highest BCUT2D eigenvalue weighted by Gasteiger charge is 2.14. The maximum Gasteiger partial charge on any atom is 0.356 e. The Hall–Kier alpha value is -2.79. The molecule has 1 N–H and O–H groups in total. The fraction of sp³-hybridized carbons (Fsp3) is 0.158. The normalized spacial score (nSPS) is 10.6. The lowest BCUT2D eigenvalue weighted by atomic mass is 10.1. The second-order valence-corrected chi connectivity index (χ2v) is 6.16. The van der Waals surface area contributed by atoms with Crippen molar-refractivity contribution < 1.29 is 9.53 Å². The molecule has 0 bridgehead atoms. The van der Waals surface area contributed by atoms with E-state index in [0.29, 0.717) is 10.5 Å². The molecule has 0 unspecified atom stereocenters. The molecule has 6 heteroatoms. The highest BCUT2D eigenvalue weighted by Crippen LogP contribution is 2.31. The van der Waals surface area contributed by atoms with Gasteiger partial charge in [-0.15, -0.1) is 0 Å². The van der Waals surface area contributed by atoms with Gasteiger partial charge in [0.05, 0.1) is 23.3 Å². The van der Waals surface area contributed by atoms with Crippen LogP contribution in [0.4, 0.5) is 17.1 Å². The molecule has 25 heavy (non-hydrogen) atoms. The van der Waals surface area contributed by atoms with Crippen LogP contribution in [0.3, 0.4) is 0 Å². The minimum atomic E-state index is -0.507. The lowest BCUT2D eigenvalue weighted by molar-refractivity contribution is 0.0594. The zero-order chi connectivity index (χ0) is 18.0. The number of aromatic nitrogens is 1. The summed E-state index contributed by atoms with van der Waals surface area (Å²) >= 11 is 6.26. The number of hydrogen-bond acceptors (Lipinski definition) is 5. The zero-order valence-electron chi connectivity index (χ0n) is 14.2. The van der Waals surface area contributed by atoms with E-state index in [1.807, 2.05) is 55.4 Å². The highest BCUT2D eigenvalue weighted by atomic mass is 35.5. The van der Waals surface area contributed by atoms with Gasteiger partial charge in [0.15, 0.2) is 5.69 Å². The van der Waals surface area contributed by atoms with E-state index >= 15 is 0 Å². The molecule has 3 aromatic rings. The third-order valence-corrected chi connectivity index (χ3v) is 4.15. The quantitative estimate of drug-likeness (QED) is 0.699. The molecule has 0 spiro atoms. The molecular formula is C19H18ClN3O2. The number of nitrogens with one attached hydrogen (secondary N) is 1. The number of pyridine rings is 1. The van der Waals surface area contributed by atoms with Crippen molar-refractivity contribution >= 4 is 45.5 Å². The number of benzene rings is 2. The second-order valence-electron chi connectivity index (χ2n) is 5.75. The molecular weight excluding hydrogens is 338 g/mol. The standard InChI is InChI=1S/C19H18ClN3O2/c1-23(2)13-9-7-12(8-10-13)21-16-11-17(19(24)25-3)22-18-14(16)5-4-6-15(18)20/h4-11H,1-3H3,(H,21,22). The number of rotatable bonds is 4. The van der Waals surface area contributed by atoms with Gasteiger partial charge in [-0.1, -0.05) is 23.7 Å². The minimum absolute atomic E-state index is 0.204.